The van der Waals surface area contributed by atoms with Gasteiger partial charge >= 0.3 is 5.97 Å². The number of fused-ring (bicyclic) bond motifs is 1. The van der Waals surface area contributed by atoms with Gasteiger partial charge in [-0.2, -0.15) is 0 Å². The van der Waals surface area contributed by atoms with Crippen molar-refractivity contribution in [3.05, 3.63) is 23.8 Å². The van der Waals surface area contributed by atoms with Crippen LogP contribution in [0.3, 0.4) is 0 Å². The SMILES string of the molecule is CCOC(=O)C(Cl)NNc1ccc2c(c1)CCO2. The van der Waals surface area contributed by atoms with Crippen LogP contribution < -0.4 is 15.6 Å². The molecule has 1 aliphatic heterocycles. The molecule has 1 aromatic carbocycles. The van der Waals surface area contributed by atoms with E-state index in [2.05, 4.69) is 10.9 Å². The number of benzene rings is 1. The minimum absolute atomic E-state index is 0.305. The summed E-state index contributed by atoms with van der Waals surface area (Å²) in [6.07, 6.45) is 0.896. The van der Waals surface area contributed by atoms with Gasteiger partial charge in [-0.05, 0) is 30.7 Å². The molecule has 1 aliphatic rings. The highest BCUT2D eigenvalue weighted by molar-refractivity contribution is 6.29. The molecule has 6 heteroatoms. The van der Waals surface area contributed by atoms with E-state index in [-0.39, 0.29) is 0 Å². The topological polar surface area (TPSA) is 59.6 Å². The van der Waals surface area contributed by atoms with Crippen LogP contribution in [-0.2, 0) is 16.0 Å². The molecule has 0 fully saturated rings. The molecule has 1 atom stereocenters. The Morgan fingerprint density at radius 2 is 2.44 bits per heavy atom. The molecule has 2 N–H and O–H groups in total. The van der Waals surface area contributed by atoms with Crippen molar-refractivity contribution < 1.29 is 14.3 Å². The molecule has 0 bridgehead atoms. The first-order valence-electron chi connectivity index (χ1n) is 5.78. The number of anilines is 1. The number of alkyl halides is 1. The quantitative estimate of drug-likeness (QED) is 0.369. The second kappa shape index (κ2) is 5.93. The summed E-state index contributed by atoms with van der Waals surface area (Å²) >= 11 is 5.80. The van der Waals surface area contributed by atoms with E-state index < -0.39 is 11.5 Å². The van der Waals surface area contributed by atoms with Crippen LogP contribution in [0.5, 0.6) is 5.75 Å². The molecule has 5 nitrogen and oxygen atoms in total. The Kier molecular flexibility index (Phi) is 4.28. The summed E-state index contributed by atoms with van der Waals surface area (Å²) in [5.74, 6) is 0.407. The van der Waals surface area contributed by atoms with Gasteiger partial charge in [0.05, 0.1) is 13.2 Å². The van der Waals surface area contributed by atoms with Crippen LogP contribution in [0, 0.1) is 0 Å². The number of halogens is 1. The van der Waals surface area contributed by atoms with Crippen molar-refractivity contribution in [3.8, 4) is 5.75 Å². The molecule has 0 aliphatic carbocycles. The zero-order valence-corrected chi connectivity index (χ0v) is 10.8. The minimum Gasteiger partial charge on any atom is -0.493 e. The second-order valence-corrected chi connectivity index (χ2v) is 4.24. The number of carbonyl (C=O) groups excluding carboxylic acids is 1. The van der Waals surface area contributed by atoms with Crippen molar-refractivity contribution in [2.75, 3.05) is 18.6 Å². The van der Waals surface area contributed by atoms with Crippen LogP contribution in [0.15, 0.2) is 18.2 Å². The Hall–Kier alpha value is -1.46. The maximum absolute atomic E-state index is 11.3. The van der Waals surface area contributed by atoms with Crippen molar-refractivity contribution in [2.24, 2.45) is 0 Å². The van der Waals surface area contributed by atoms with Crippen molar-refractivity contribution in [1.29, 1.82) is 0 Å². The third-order valence-electron chi connectivity index (χ3n) is 2.53. The number of esters is 1. The van der Waals surface area contributed by atoms with Gasteiger partial charge in [0.2, 0.25) is 0 Å². The first-order valence-corrected chi connectivity index (χ1v) is 6.22. The zero-order chi connectivity index (χ0) is 13.0. The number of hydrogen-bond acceptors (Lipinski definition) is 5. The molecular weight excluding hydrogens is 256 g/mol. The fraction of sp³-hybridized carbons (Fsp3) is 0.417. The van der Waals surface area contributed by atoms with Gasteiger partial charge < -0.3 is 14.9 Å². The van der Waals surface area contributed by atoms with E-state index >= 15 is 0 Å². The highest BCUT2D eigenvalue weighted by Crippen LogP contribution is 2.27. The predicted molar refractivity (Wildman–Crippen MR) is 68.7 cm³/mol. The lowest BCUT2D eigenvalue weighted by Gasteiger charge is -2.13. The monoisotopic (exact) mass is 270 g/mol. The van der Waals surface area contributed by atoms with Gasteiger partial charge in [0.25, 0.3) is 0 Å². The van der Waals surface area contributed by atoms with Crippen LogP contribution in [0.4, 0.5) is 5.69 Å². The van der Waals surface area contributed by atoms with Gasteiger partial charge in [-0.25, -0.2) is 10.2 Å². The van der Waals surface area contributed by atoms with E-state index in [9.17, 15) is 4.79 Å². The third-order valence-corrected chi connectivity index (χ3v) is 2.81. The van der Waals surface area contributed by atoms with Crippen LogP contribution in [0.1, 0.15) is 12.5 Å². The fourth-order valence-electron chi connectivity index (χ4n) is 1.69. The molecule has 0 saturated carbocycles. The molecule has 0 radical (unpaired) electrons. The summed E-state index contributed by atoms with van der Waals surface area (Å²) in [4.78, 5) is 11.3. The van der Waals surface area contributed by atoms with Crippen LogP contribution in [0.25, 0.3) is 0 Å². The predicted octanol–water partition coefficient (Wildman–Crippen LogP) is 1.67. The molecule has 2 rings (SSSR count). The smallest absolute Gasteiger partial charge is 0.340 e. The maximum atomic E-state index is 11.3. The fourth-order valence-corrected chi connectivity index (χ4v) is 1.80. The lowest BCUT2D eigenvalue weighted by atomic mass is 10.1. The van der Waals surface area contributed by atoms with Crippen LogP contribution in [-0.4, -0.2) is 24.7 Å². The Labute approximate surface area is 110 Å². The van der Waals surface area contributed by atoms with Crippen LogP contribution >= 0.6 is 11.6 Å². The third kappa shape index (κ3) is 3.05. The molecule has 98 valence electrons. The first kappa shape index (κ1) is 13.0. The number of carbonyl (C=O) groups is 1. The van der Waals surface area contributed by atoms with E-state index in [1.807, 2.05) is 18.2 Å². The van der Waals surface area contributed by atoms with Gasteiger partial charge in [0, 0.05) is 12.1 Å². The molecule has 18 heavy (non-hydrogen) atoms. The van der Waals surface area contributed by atoms with E-state index in [1.165, 1.54) is 0 Å². The van der Waals surface area contributed by atoms with Gasteiger partial charge in [-0.3, -0.25) is 0 Å². The Balaban J connectivity index is 1.88. The minimum atomic E-state index is -0.922. The standard InChI is InChI=1S/C12H15ClN2O3/c1-2-17-12(16)11(13)15-14-9-3-4-10-8(7-9)5-6-18-10/h3-4,7,11,14-15H,2,5-6H2,1H3. The summed E-state index contributed by atoms with van der Waals surface area (Å²) in [7, 11) is 0. The van der Waals surface area contributed by atoms with E-state index in [0.29, 0.717) is 13.2 Å². The highest BCUT2D eigenvalue weighted by Gasteiger charge is 2.16. The van der Waals surface area contributed by atoms with Crippen molar-refractivity contribution in [2.45, 2.75) is 18.8 Å². The summed E-state index contributed by atoms with van der Waals surface area (Å²) in [6.45, 7) is 2.75. The summed E-state index contributed by atoms with van der Waals surface area (Å²) in [5.41, 5.74) is 6.60. The summed E-state index contributed by atoms with van der Waals surface area (Å²) in [6, 6.07) is 5.70. The Bertz CT molecular complexity index is 439. The van der Waals surface area contributed by atoms with E-state index in [1.54, 1.807) is 6.92 Å². The summed E-state index contributed by atoms with van der Waals surface area (Å²) in [5, 5.41) is 0. The molecule has 0 saturated heterocycles. The van der Waals surface area contributed by atoms with Crippen molar-refractivity contribution in [1.82, 2.24) is 5.43 Å². The number of hydrogen-bond donors (Lipinski definition) is 2. The molecule has 1 heterocycles. The van der Waals surface area contributed by atoms with Crippen molar-refractivity contribution >= 4 is 23.3 Å². The van der Waals surface area contributed by atoms with Crippen LogP contribution in [0.2, 0.25) is 0 Å². The Morgan fingerprint density at radius 1 is 1.61 bits per heavy atom. The number of ether oxygens (including phenoxy) is 2. The molecule has 0 aromatic heterocycles. The number of hydrazine groups is 1. The van der Waals surface area contributed by atoms with Gasteiger partial charge in [-0.1, -0.05) is 11.6 Å². The number of rotatable bonds is 5. The molecule has 0 spiro atoms. The largest absolute Gasteiger partial charge is 0.493 e. The van der Waals surface area contributed by atoms with Gasteiger partial charge in [0.15, 0.2) is 5.50 Å². The van der Waals surface area contributed by atoms with Crippen molar-refractivity contribution in [3.63, 3.8) is 0 Å². The maximum Gasteiger partial charge on any atom is 0.340 e. The molecular formula is C12H15ClN2O3. The lowest BCUT2D eigenvalue weighted by Crippen LogP contribution is -2.37. The number of nitrogens with one attached hydrogen (secondary N) is 2. The molecule has 1 unspecified atom stereocenters. The Morgan fingerprint density at radius 3 is 3.22 bits per heavy atom. The van der Waals surface area contributed by atoms with E-state index in [4.69, 9.17) is 21.1 Å². The van der Waals surface area contributed by atoms with Gasteiger partial charge in [0.1, 0.15) is 5.75 Å². The lowest BCUT2D eigenvalue weighted by molar-refractivity contribution is -0.143. The molecule has 0 amide bonds. The van der Waals surface area contributed by atoms with Gasteiger partial charge in [-0.15, -0.1) is 0 Å². The molecule has 1 aromatic rings. The zero-order valence-electron chi connectivity index (χ0n) is 10.0. The second-order valence-electron chi connectivity index (χ2n) is 3.80. The average molecular weight is 271 g/mol. The highest BCUT2D eigenvalue weighted by atomic mass is 35.5. The average Bonchev–Trinajstić information content (AvgIpc) is 2.83. The normalized spacial score (nSPS) is 14.6. The first-order chi connectivity index (χ1) is 8.70. The summed E-state index contributed by atoms with van der Waals surface area (Å²) < 4.78 is 10.2. The van der Waals surface area contributed by atoms with E-state index in [0.717, 1.165) is 23.4 Å².